The lowest BCUT2D eigenvalue weighted by Gasteiger charge is -2.11. The van der Waals surface area contributed by atoms with E-state index in [1.807, 2.05) is 0 Å². The van der Waals surface area contributed by atoms with Crippen LogP contribution >= 0.6 is 0 Å². The van der Waals surface area contributed by atoms with Crippen LogP contribution in [0.3, 0.4) is 0 Å². The van der Waals surface area contributed by atoms with Gasteiger partial charge < -0.3 is 20.9 Å². The highest BCUT2D eigenvalue weighted by molar-refractivity contribution is 5.88. The summed E-state index contributed by atoms with van der Waals surface area (Å²) in [4.78, 5) is 10.8. The molecule has 0 bridgehead atoms. The molecule has 1 amide bonds. The third-order valence-corrected chi connectivity index (χ3v) is 1.87. The van der Waals surface area contributed by atoms with Gasteiger partial charge in [-0.1, -0.05) is 6.07 Å². The highest BCUT2D eigenvalue weighted by Crippen LogP contribution is 2.17. The van der Waals surface area contributed by atoms with E-state index in [0.29, 0.717) is 11.4 Å². The lowest BCUT2D eigenvalue weighted by atomic mass is 10.3. The molecule has 5 heteroatoms. The van der Waals surface area contributed by atoms with E-state index in [-0.39, 0.29) is 19.1 Å². The normalized spacial score (nSPS) is 11.9. The summed E-state index contributed by atoms with van der Waals surface area (Å²) in [6.45, 7) is 1.73. The average molecular weight is 224 g/mol. The zero-order valence-electron chi connectivity index (χ0n) is 9.14. The molecule has 1 unspecified atom stereocenters. The van der Waals surface area contributed by atoms with Crippen LogP contribution in [0.15, 0.2) is 24.3 Å². The van der Waals surface area contributed by atoms with Crippen molar-refractivity contribution in [1.29, 1.82) is 0 Å². The molecule has 0 aliphatic rings. The van der Waals surface area contributed by atoms with E-state index in [4.69, 9.17) is 10.5 Å². The minimum Gasteiger partial charge on any atom is -0.491 e. The molecule has 1 aromatic carbocycles. The lowest BCUT2D eigenvalue weighted by Crippen LogP contribution is -2.26. The Morgan fingerprint density at radius 1 is 1.62 bits per heavy atom. The standard InChI is InChI=1S/C11H16N2O3/c1-8(14)13-9-3-2-4-11(5-9)16-7-10(15)6-12/h2-5,10,15H,6-7,12H2,1H3,(H,13,14). The Morgan fingerprint density at radius 3 is 3.00 bits per heavy atom. The van der Waals surface area contributed by atoms with Crippen LogP contribution in [0.25, 0.3) is 0 Å². The van der Waals surface area contributed by atoms with Gasteiger partial charge in [-0.05, 0) is 12.1 Å². The quantitative estimate of drug-likeness (QED) is 0.673. The topological polar surface area (TPSA) is 84.6 Å². The van der Waals surface area contributed by atoms with Crippen LogP contribution in [0.5, 0.6) is 5.75 Å². The van der Waals surface area contributed by atoms with Gasteiger partial charge in [0.15, 0.2) is 0 Å². The molecule has 0 aromatic heterocycles. The molecule has 4 N–H and O–H groups in total. The second kappa shape index (κ2) is 6.09. The van der Waals surface area contributed by atoms with Gasteiger partial charge >= 0.3 is 0 Å². The lowest BCUT2D eigenvalue weighted by molar-refractivity contribution is -0.114. The first-order valence-corrected chi connectivity index (χ1v) is 5.00. The minimum absolute atomic E-state index is 0.139. The van der Waals surface area contributed by atoms with Gasteiger partial charge in [-0.25, -0.2) is 0 Å². The van der Waals surface area contributed by atoms with Gasteiger partial charge in [0.1, 0.15) is 18.5 Å². The van der Waals surface area contributed by atoms with Crippen molar-refractivity contribution in [3.8, 4) is 5.75 Å². The maximum absolute atomic E-state index is 10.8. The summed E-state index contributed by atoms with van der Waals surface area (Å²) in [6, 6.07) is 6.95. The summed E-state index contributed by atoms with van der Waals surface area (Å²) in [6.07, 6.45) is -0.676. The summed E-state index contributed by atoms with van der Waals surface area (Å²) in [7, 11) is 0. The number of anilines is 1. The van der Waals surface area contributed by atoms with Gasteiger partial charge in [0.05, 0.1) is 0 Å². The molecule has 0 saturated carbocycles. The molecule has 16 heavy (non-hydrogen) atoms. The zero-order chi connectivity index (χ0) is 12.0. The van der Waals surface area contributed by atoms with E-state index in [2.05, 4.69) is 5.32 Å². The van der Waals surface area contributed by atoms with E-state index in [0.717, 1.165) is 0 Å². The second-order valence-corrected chi connectivity index (χ2v) is 3.41. The Kier molecular flexibility index (Phi) is 4.75. The Hall–Kier alpha value is -1.59. The number of ether oxygens (including phenoxy) is 1. The Bertz CT molecular complexity index is 355. The van der Waals surface area contributed by atoms with Crippen molar-refractivity contribution in [2.24, 2.45) is 5.73 Å². The molecule has 0 aliphatic carbocycles. The van der Waals surface area contributed by atoms with Gasteiger partial charge in [0, 0.05) is 25.2 Å². The van der Waals surface area contributed by atoms with Gasteiger partial charge in [-0.15, -0.1) is 0 Å². The van der Waals surface area contributed by atoms with Crippen LogP contribution in [0.2, 0.25) is 0 Å². The highest BCUT2D eigenvalue weighted by Gasteiger charge is 2.03. The largest absolute Gasteiger partial charge is 0.491 e. The van der Waals surface area contributed by atoms with Crippen molar-refractivity contribution in [3.63, 3.8) is 0 Å². The Morgan fingerprint density at radius 2 is 2.38 bits per heavy atom. The van der Waals surface area contributed by atoms with Gasteiger partial charge in [0.25, 0.3) is 0 Å². The molecular formula is C11H16N2O3. The molecule has 0 saturated heterocycles. The number of carbonyl (C=O) groups is 1. The monoisotopic (exact) mass is 224 g/mol. The molecule has 1 aromatic rings. The molecule has 0 radical (unpaired) electrons. The molecule has 5 nitrogen and oxygen atoms in total. The van der Waals surface area contributed by atoms with Crippen molar-refractivity contribution < 1.29 is 14.6 Å². The number of hydrogen-bond acceptors (Lipinski definition) is 4. The van der Waals surface area contributed by atoms with Crippen LogP contribution in [0.1, 0.15) is 6.92 Å². The van der Waals surface area contributed by atoms with E-state index in [9.17, 15) is 9.90 Å². The third kappa shape index (κ3) is 4.29. The van der Waals surface area contributed by atoms with Gasteiger partial charge in [-0.2, -0.15) is 0 Å². The van der Waals surface area contributed by atoms with Crippen molar-refractivity contribution >= 4 is 11.6 Å². The predicted octanol–water partition coefficient (Wildman–Crippen LogP) is 0.343. The van der Waals surface area contributed by atoms with Crippen molar-refractivity contribution in [2.75, 3.05) is 18.5 Å². The summed E-state index contributed by atoms with van der Waals surface area (Å²) in [5.74, 6) is 0.442. The fraction of sp³-hybridized carbons (Fsp3) is 0.364. The maximum Gasteiger partial charge on any atom is 0.221 e. The van der Waals surface area contributed by atoms with Crippen LogP contribution in [0, 0.1) is 0 Å². The number of hydrogen-bond donors (Lipinski definition) is 3. The second-order valence-electron chi connectivity index (χ2n) is 3.41. The first-order valence-electron chi connectivity index (χ1n) is 5.00. The van der Waals surface area contributed by atoms with Crippen molar-refractivity contribution in [2.45, 2.75) is 13.0 Å². The van der Waals surface area contributed by atoms with E-state index >= 15 is 0 Å². The number of carbonyl (C=O) groups excluding carboxylic acids is 1. The Labute approximate surface area is 94.2 Å². The average Bonchev–Trinajstić information content (AvgIpc) is 2.25. The predicted molar refractivity (Wildman–Crippen MR) is 61.3 cm³/mol. The Balaban J connectivity index is 2.56. The number of nitrogens with one attached hydrogen (secondary N) is 1. The number of aliphatic hydroxyl groups excluding tert-OH is 1. The summed E-state index contributed by atoms with van der Waals surface area (Å²) in [5, 5.41) is 11.9. The number of benzene rings is 1. The van der Waals surface area contributed by atoms with E-state index < -0.39 is 6.10 Å². The third-order valence-electron chi connectivity index (χ3n) is 1.87. The van der Waals surface area contributed by atoms with Crippen LogP contribution in [-0.2, 0) is 4.79 Å². The molecule has 0 spiro atoms. The number of amides is 1. The number of aliphatic hydroxyl groups is 1. The number of nitrogens with two attached hydrogens (primary N) is 1. The van der Waals surface area contributed by atoms with E-state index in [1.54, 1.807) is 24.3 Å². The first-order chi connectivity index (χ1) is 7.61. The molecule has 0 fully saturated rings. The molecule has 88 valence electrons. The summed E-state index contributed by atoms with van der Waals surface area (Å²) < 4.78 is 5.30. The van der Waals surface area contributed by atoms with Crippen molar-refractivity contribution in [1.82, 2.24) is 0 Å². The summed E-state index contributed by atoms with van der Waals surface area (Å²) in [5.41, 5.74) is 5.90. The zero-order valence-corrected chi connectivity index (χ0v) is 9.14. The van der Waals surface area contributed by atoms with Gasteiger partial charge in [0.2, 0.25) is 5.91 Å². The smallest absolute Gasteiger partial charge is 0.221 e. The van der Waals surface area contributed by atoms with Crippen LogP contribution in [0.4, 0.5) is 5.69 Å². The first kappa shape index (κ1) is 12.5. The maximum atomic E-state index is 10.8. The SMILES string of the molecule is CC(=O)Nc1cccc(OCC(O)CN)c1. The van der Waals surface area contributed by atoms with E-state index in [1.165, 1.54) is 6.92 Å². The minimum atomic E-state index is -0.676. The van der Waals surface area contributed by atoms with Crippen LogP contribution in [-0.4, -0.2) is 30.3 Å². The van der Waals surface area contributed by atoms with Crippen molar-refractivity contribution in [3.05, 3.63) is 24.3 Å². The van der Waals surface area contributed by atoms with Gasteiger partial charge in [-0.3, -0.25) is 4.79 Å². The highest BCUT2D eigenvalue weighted by atomic mass is 16.5. The molecular weight excluding hydrogens is 208 g/mol. The molecule has 0 heterocycles. The molecule has 1 rings (SSSR count). The van der Waals surface area contributed by atoms with Crippen LogP contribution < -0.4 is 15.8 Å². The fourth-order valence-electron chi connectivity index (χ4n) is 1.13. The molecule has 1 atom stereocenters. The molecule has 0 aliphatic heterocycles. The number of rotatable bonds is 5. The summed E-state index contributed by atoms with van der Waals surface area (Å²) >= 11 is 0. The fourth-order valence-corrected chi connectivity index (χ4v) is 1.13.